The van der Waals surface area contributed by atoms with Crippen LogP contribution < -0.4 is 10.1 Å². The van der Waals surface area contributed by atoms with E-state index in [2.05, 4.69) is 10.4 Å². The highest BCUT2D eigenvalue weighted by molar-refractivity contribution is 5.92. The van der Waals surface area contributed by atoms with E-state index in [9.17, 15) is 9.59 Å². The number of amides is 1. The molecule has 1 aromatic heterocycles. The first kappa shape index (κ1) is 18.5. The van der Waals surface area contributed by atoms with Crippen LogP contribution in [-0.4, -0.2) is 40.4 Å². The molecule has 2 N–H and O–H groups in total. The molecule has 25 heavy (non-hydrogen) atoms. The van der Waals surface area contributed by atoms with Gasteiger partial charge in [-0.1, -0.05) is 12.8 Å². The summed E-state index contributed by atoms with van der Waals surface area (Å²) in [5.41, 5.74) is 1.21. The molecule has 0 unspecified atom stereocenters. The van der Waals surface area contributed by atoms with E-state index in [1.54, 1.807) is 24.1 Å². The van der Waals surface area contributed by atoms with Crippen LogP contribution in [0.4, 0.5) is 0 Å². The fourth-order valence-electron chi connectivity index (χ4n) is 2.37. The summed E-state index contributed by atoms with van der Waals surface area (Å²) in [6, 6.07) is 9.07. The number of nitrogens with one attached hydrogen (secondary N) is 1. The molecule has 0 atom stereocenters. The molecule has 0 fully saturated rings. The molecule has 134 valence electrons. The molecule has 2 aromatic rings. The van der Waals surface area contributed by atoms with E-state index >= 15 is 0 Å². The number of rotatable bonds is 10. The largest absolute Gasteiger partial charge is 0.497 e. The van der Waals surface area contributed by atoms with Crippen molar-refractivity contribution in [3.8, 4) is 11.4 Å². The third kappa shape index (κ3) is 5.95. The number of hydrogen-bond donors (Lipinski definition) is 2. The number of hydrogen-bond acceptors (Lipinski definition) is 4. The average Bonchev–Trinajstić information content (AvgIpc) is 3.10. The van der Waals surface area contributed by atoms with E-state index in [1.807, 2.05) is 24.3 Å². The monoisotopic (exact) mass is 345 g/mol. The lowest BCUT2D eigenvalue weighted by Gasteiger charge is -2.04. The normalized spacial score (nSPS) is 10.4. The van der Waals surface area contributed by atoms with Crippen molar-refractivity contribution < 1.29 is 19.4 Å². The van der Waals surface area contributed by atoms with Gasteiger partial charge in [-0.05, 0) is 43.2 Å². The smallest absolute Gasteiger partial charge is 0.303 e. The van der Waals surface area contributed by atoms with E-state index in [0.717, 1.165) is 30.7 Å². The van der Waals surface area contributed by atoms with Crippen LogP contribution in [0.25, 0.3) is 5.69 Å². The van der Waals surface area contributed by atoms with Crippen LogP contribution in [0, 0.1) is 0 Å². The topological polar surface area (TPSA) is 93.5 Å². The van der Waals surface area contributed by atoms with Gasteiger partial charge < -0.3 is 15.2 Å². The molecule has 1 heterocycles. The number of carbonyl (C=O) groups excluding carboxylic acids is 1. The van der Waals surface area contributed by atoms with Gasteiger partial charge in [-0.2, -0.15) is 5.10 Å². The molecule has 1 aromatic carbocycles. The minimum Gasteiger partial charge on any atom is -0.497 e. The predicted octanol–water partition coefficient (Wildman–Crippen LogP) is 2.65. The number of ether oxygens (including phenoxy) is 1. The number of carboxylic acid groups (broad SMARTS) is 1. The first-order chi connectivity index (χ1) is 12.1. The Morgan fingerprint density at radius 3 is 2.52 bits per heavy atom. The van der Waals surface area contributed by atoms with E-state index in [-0.39, 0.29) is 12.3 Å². The molecular weight excluding hydrogens is 322 g/mol. The number of methoxy groups -OCH3 is 1. The standard InChI is InChI=1S/C18H23N3O4/c1-25-15-9-7-14(8-10-15)21-13-11-16(20-21)18(24)19-12-5-3-2-4-6-17(22)23/h7-11,13H,2-6,12H2,1H3,(H,19,24)(H,22,23). The summed E-state index contributed by atoms with van der Waals surface area (Å²) in [7, 11) is 1.61. The minimum atomic E-state index is -0.763. The van der Waals surface area contributed by atoms with Gasteiger partial charge in [0, 0.05) is 19.2 Å². The number of carbonyl (C=O) groups is 2. The van der Waals surface area contributed by atoms with Crippen molar-refractivity contribution in [3.63, 3.8) is 0 Å². The number of nitrogens with zero attached hydrogens (tertiary/aromatic N) is 2. The second-order valence-electron chi connectivity index (χ2n) is 5.66. The van der Waals surface area contributed by atoms with Gasteiger partial charge in [-0.15, -0.1) is 0 Å². The van der Waals surface area contributed by atoms with Crippen LogP contribution in [-0.2, 0) is 4.79 Å². The van der Waals surface area contributed by atoms with Crippen LogP contribution in [0.5, 0.6) is 5.75 Å². The van der Waals surface area contributed by atoms with Gasteiger partial charge >= 0.3 is 5.97 Å². The maximum Gasteiger partial charge on any atom is 0.303 e. The molecular formula is C18H23N3O4. The Hall–Kier alpha value is -2.83. The van der Waals surface area contributed by atoms with E-state index in [0.29, 0.717) is 18.7 Å². The summed E-state index contributed by atoms with van der Waals surface area (Å²) < 4.78 is 6.76. The predicted molar refractivity (Wildman–Crippen MR) is 93.2 cm³/mol. The van der Waals surface area contributed by atoms with Crippen molar-refractivity contribution in [2.75, 3.05) is 13.7 Å². The minimum absolute atomic E-state index is 0.204. The van der Waals surface area contributed by atoms with Gasteiger partial charge in [0.1, 0.15) is 5.75 Å². The lowest BCUT2D eigenvalue weighted by atomic mass is 10.1. The molecule has 7 nitrogen and oxygen atoms in total. The highest BCUT2D eigenvalue weighted by Crippen LogP contribution is 2.14. The first-order valence-electron chi connectivity index (χ1n) is 8.30. The zero-order valence-electron chi connectivity index (χ0n) is 14.3. The number of carboxylic acids is 1. The molecule has 1 amide bonds. The number of aliphatic carboxylic acids is 1. The fraction of sp³-hybridized carbons (Fsp3) is 0.389. The molecule has 7 heteroatoms. The fourth-order valence-corrected chi connectivity index (χ4v) is 2.37. The second-order valence-corrected chi connectivity index (χ2v) is 5.66. The van der Waals surface area contributed by atoms with Crippen LogP contribution in [0.2, 0.25) is 0 Å². The maximum absolute atomic E-state index is 12.1. The SMILES string of the molecule is COc1ccc(-n2ccc(C(=O)NCCCCCCC(=O)O)n2)cc1. The van der Waals surface area contributed by atoms with Crippen LogP contribution in [0.1, 0.15) is 42.6 Å². The Labute approximate surface area is 146 Å². The Morgan fingerprint density at radius 2 is 1.84 bits per heavy atom. The first-order valence-corrected chi connectivity index (χ1v) is 8.30. The number of aromatic nitrogens is 2. The highest BCUT2D eigenvalue weighted by atomic mass is 16.5. The Balaban J connectivity index is 1.75. The lowest BCUT2D eigenvalue weighted by molar-refractivity contribution is -0.137. The summed E-state index contributed by atoms with van der Waals surface area (Å²) in [4.78, 5) is 22.5. The second kappa shape index (κ2) is 9.46. The van der Waals surface area contributed by atoms with Crippen LogP contribution >= 0.6 is 0 Å². The third-order valence-electron chi connectivity index (χ3n) is 3.76. The summed E-state index contributed by atoms with van der Waals surface area (Å²) in [6.45, 7) is 0.557. The van der Waals surface area contributed by atoms with Crippen molar-refractivity contribution in [2.24, 2.45) is 0 Å². The molecule has 0 aliphatic rings. The van der Waals surface area contributed by atoms with Crippen molar-refractivity contribution in [3.05, 3.63) is 42.2 Å². The molecule has 2 rings (SSSR count). The summed E-state index contributed by atoms with van der Waals surface area (Å²) in [5.74, 6) is -0.212. The Kier molecular flexibility index (Phi) is 7.00. The van der Waals surface area contributed by atoms with Gasteiger partial charge in [0.2, 0.25) is 0 Å². The third-order valence-corrected chi connectivity index (χ3v) is 3.76. The average molecular weight is 345 g/mol. The molecule has 0 spiro atoms. The van der Waals surface area contributed by atoms with Gasteiger partial charge in [-0.25, -0.2) is 4.68 Å². The van der Waals surface area contributed by atoms with Crippen molar-refractivity contribution in [1.29, 1.82) is 0 Å². The summed E-state index contributed by atoms with van der Waals surface area (Å²) in [5, 5.41) is 15.7. The Bertz CT molecular complexity index is 695. The highest BCUT2D eigenvalue weighted by Gasteiger charge is 2.09. The number of benzene rings is 1. The van der Waals surface area contributed by atoms with Crippen LogP contribution in [0.15, 0.2) is 36.5 Å². The molecule has 0 bridgehead atoms. The zero-order valence-corrected chi connectivity index (χ0v) is 14.3. The molecule has 0 aliphatic heterocycles. The van der Waals surface area contributed by atoms with Crippen molar-refractivity contribution in [2.45, 2.75) is 32.1 Å². The molecule has 0 saturated carbocycles. The molecule has 0 radical (unpaired) electrons. The van der Waals surface area contributed by atoms with Crippen LogP contribution in [0.3, 0.4) is 0 Å². The quantitative estimate of drug-likeness (QED) is 0.646. The van der Waals surface area contributed by atoms with E-state index in [4.69, 9.17) is 9.84 Å². The van der Waals surface area contributed by atoms with Gasteiger partial charge in [-0.3, -0.25) is 9.59 Å². The number of unbranched alkanes of at least 4 members (excludes halogenated alkanes) is 3. The van der Waals surface area contributed by atoms with E-state index < -0.39 is 5.97 Å². The molecule has 0 aliphatic carbocycles. The van der Waals surface area contributed by atoms with Crippen molar-refractivity contribution >= 4 is 11.9 Å². The summed E-state index contributed by atoms with van der Waals surface area (Å²) in [6.07, 6.45) is 5.19. The Morgan fingerprint density at radius 1 is 1.12 bits per heavy atom. The lowest BCUT2D eigenvalue weighted by Crippen LogP contribution is -2.25. The van der Waals surface area contributed by atoms with Gasteiger partial charge in [0.25, 0.3) is 5.91 Å². The summed E-state index contributed by atoms with van der Waals surface area (Å²) >= 11 is 0. The molecule has 0 saturated heterocycles. The van der Waals surface area contributed by atoms with Crippen molar-refractivity contribution in [1.82, 2.24) is 15.1 Å². The van der Waals surface area contributed by atoms with E-state index in [1.165, 1.54) is 0 Å². The maximum atomic E-state index is 12.1. The zero-order chi connectivity index (χ0) is 18.1. The van der Waals surface area contributed by atoms with Gasteiger partial charge in [0.05, 0.1) is 12.8 Å². The van der Waals surface area contributed by atoms with Gasteiger partial charge in [0.15, 0.2) is 5.69 Å².